The first-order chi connectivity index (χ1) is 4.54. The number of aliphatic hydroxyl groups excluding tert-OH is 1. The second-order valence-electron chi connectivity index (χ2n) is 2.43. The topological polar surface area (TPSA) is 24.7 Å². The Hall–Kier alpha value is 0.500. The average molecular weight is 189 g/mol. The van der Waals surface area contributed by atoms with Gasteiger partial charge in [-0.1, -0.05) is 0 Å². The van der Waals surface area contributed by atoms with E-state index in [1.807, 2.05) is 0 Å². The van der Waals surface area contributed by atoms with Gasteiger partial charge >= 0.3 is 0 Å². The minimum atomic E-state index is -0.272. The summed E-state index contributed by atoms with van der Waals surface area (Å²) in [5.41, 5.74) is 0. The molecule has 0 radical (unpaired) electrons. The second kappa shape index (κ2) is 9.50. The molecule has 0 aliphatic heterocycles. The maximum atomic E-state index is 8.12. The number of hydrogen-bond donors (Lipinski definition) is 2. The molecule has 0 aromatic heterocycles. The first kappa shape index (κ1) is 13.1. The molecule has 4 heteroatoms. The molecule has 2 N–H and O–H groups in total. The summed E-state index contributed by atoms with van der Waals surface area (Å²) in [7, 11) is 6.25. The fraction of sp³-hybridized carbons (Fsp3) is 1.00. The van der Waals surface area contributed by atoms with Crippen molar-refractivity contribution < 1.29 is 10.0 Å². The van der Waals surface area contributed by atoms with Gasteiger partial charge in [0.05, 0.1) is 33.1 Å². The van der Waals surface area contributed by atoms with Crippen molar-refractivity contribution in [3.05, 3.63) is 0 Å². The van der Waals surface area contributed by atoms with E-state index in [0.717, 1.165) is 0 Å². The van der Waals surface area contributed by atoms with Crippen LogP contribution in [0.4, 0.5) is 0 Å². The molecule has 1 unspecified atom stereocenters. The van der Waals surface area contributed by atoms with Gasteiger partial charge in [0.1, 0.15) is 0 Å². The zero-order chi connectivity index (χ0) is 8.57. The Labute approximate surface area is 72.7 Å². The van der Waals surface area contributed by atoms with Crippen molar-refractivity contribution in [2.45, 2.75) is 5.38 Å². The van der Waals surface area contributed by atoms with Crippen molar-refractivity contribution in [1.82, 2.24) is 0 Å². The standard InChI is InChI=1S/C3H6Cl2O.C3H9N/c4-1-3(5)2-6;1-4(2)3/h3,6H,1-2H2;1-3H3/p+1. The highest BCUT2D eigenvalue weighted by Gasteiger charge is 1.95. The Bertz CT molecular complexity index is 55.0. The van der Waals surface area contributed by atoms with Gasteiger partial charge in [-0.3, -0.25) is 0 Å². The van der Waals surface area contributed by atoms with Crippen molar-refractivity contribution >= 4 is 23.2 Å². The van der Waals surface area contributed by atoms with Gasteiger partial charge < -0.3 is 10.0 Å². The molecule has 0 saturated carbocycles. The largest absolute Gasteiger partial charge is 0.395 e. The molecule has 1 atom stereocenters. The molecule has 64 valence electrons. The van der Waals surface area contributed by atoms with Crippen LogP contribution in [0.3, 0.4) is 0 Å². The lowest BCUT2D eigenvalue weighted by Gasteiger charge is -1.93. The van der Waals surface area contributed by atoms with Crippen LogP contribution in [0.15, 0.2) is 0 Å². The third-order valence-corrected chi connectivity index (χ3v) is 1.19. The minimum absolute atomic E-state index is 0.0367. The molecule has 0 bridgehead atoms. The predicted octanol–water partition coefficient (Wildman–Crippen LogP) is -0.414. The lowest BCUT2D eigenvalue weighted by atomic mass is 10.5. The van der Waals surface area contributed by atoms with Gasteiger partial charge in [0.25, 0.3) is 0 Å². The van der Waals surface area contributed by atoms with Crippen molar-refractivity contribution in [3.8, 4) is 0 Å². The van der Waals surface area contributed by atoms with Gasteiger partial charge in [-0.2, -0.15) is 0 Å². The van der Waals surface area contributed by atoms with Crippen LogP contribution in [0.25, 0.3) is 0 Å². The van der Waals surface area contributed by atoms with Crippen molar-refractivity contribution in [3.63, 3.8) is 0 Å². The molecule has 0 saturated heterocycles. The maximum Gasteiger partial charge on any atom is 0.0702 e. The highest BCUT2D eigenvalue weighted by atomic mass is 35.5. The summed E-state index contributed by atoms with van der Waals surface area (Å²) in [6.45, 7) is -0.0367. The normalized spacial score (nSPS) is 12.3. The van der Waals surface area contributed by atoms with Gasteiger partial charge in [0, 0.05) is 5.88 Å². The zero-order valence-corrected chi connectivity index (χ0v) is 8.21. The minimum Gasteiger partial charge on any atom is -0.395 e. The van der Waals surface area contributed by atoms with Gasteiger partial charge in [-0.25, -0.2) is 0 Å². The fourth-order valence-corrected chi connectivity index (χ4v) is 0.146. The molecule has 0 fully saturated rings. The molecule has 0 aromatic carbocycles. The molecule has 0 rings (SSSR count). The highest BCUT2D eigenvalue weighted by Crippen LogP contribution is 1.94. The summed E-state index contributed by atoms with van der Waals surface area (Å²) >= 11 is 10.4. The van der Waals surface area contributed by atoms with E-state index in [1.54, 1.807) is 0 Å². The van der Waals surface area contributed by atoms with E-state index in [4.69, 9.17) is 28.3 Å². The van der Waals surface area contributed by atoms with Crippen LogP contribution in [0.5, 0.6) is 0 Å². The molecular weight excluding hydrogens is 173 g/mol. The Kier molecular flexibility index (Phi) is 12.5. The third-order valence-electron chi connectivity index (χ3n) is 0.366. The molecule has 2 nitrogen and oxygen atoms in total. The van der Waals surface area contributed by atoms with Crippen molar-refractivity contribution in [2.75, 3.05) is 33.6 Å². The summed E-state index contributed by atoms with van der Waals surface area (Å²) in [6.07, 6.45) is 0. The smallest absolute Gasteiger partial charge is 0.0702 e. The monoisotopic (exact) mass is 188 g/mol. The Morgan fingerprint density at radius 3 is 1.70 bits per heavy atom. The second-order valence-corrected chi connectivity index (χ2v) is 3.36. The van der Waals surface area contributed by atoms with E-state index >= 15 is 0 Å². The van der Waals surface area contributed by atoms with E-state index in [-0.39, 0.29) is 12.0 Å². The van der Waals surface area contributed by atoms with E-state index in [9.17, 15) is 0 Å². The van der Waals surface area contributed by atoms with Gasteiger partial charge in [-0.05, 0) is 0 Å². The summed E-state index contributed by atoms with van der Waals surface area (Å²) in [4.78, 5) is 1.42. The number of nitrogens with one attached hydrogen (secondary N) is 1. The summed E-state index contributed by atoms with van der Waals surface area (Å²) in [6, 6.07) is 0. The predicted molar refractivity (Wildman–Crippen MR) is 46.2 cm³/mol. The lowest BCUT2D eigenvalue weighted by Crippen LogP contribution is -3.02. The van der Waals surface area contributed by atoms with E-state index in [0.29, 0.717) is 5.88 Å². The molecule has 0 aliphatic rings. The molecule has 0 amide bonds. The SMILES string of the molecule is C[NH+](C)C.OCC(Cl)CCl. The van der Waals surface area contributed by atoms with Crippen molar-refractivity contribution in [1.29, 1.82) is 0 Å². The van der Waals surface area contributed by atoms with Crippen LogP contribution >= 0.6 is 23.2 Å². The highest BCUT2D eigenvalue weighted by molar-refractivity contribution is 6.28. The van der Waals surface area contributed by atoms with Crippen LogP contribution in [0.1, 0.15) is 0 Å². The van der Waals surface area contributed by atoms with E-state index in [1.165, 1.54) is 4.90 Å². The van der Waals surface area contributed by atoms with Crippen LogP contribution in [-0.2, 0) is 0 Å². The first-order valence-corrected chi connectivity index (χ1v) is 4.09. The van der Waals surface area contributed by atoms with Gasteiger partial charge in [-0.15, -0.1) is 23.2 Å². The number of rotatable bonds is 2. The Morgan fingerprint density at radius 1 is 1.40 bits per heavy atom. The number of alkyl halides is 2. The summed E-state index contributed by atoms with van der Waals surface area (Å²) < 4.78 is 0. The van der Waals surface area contributed by atoms with E-state index < -0.39 is 0 Å². The third kappa shape index (κ3) is 23.6. The number of hydrogen-bond acceptors (Lipinski definition) is 1. The number of aliphatic hydroxyl groups is 1. The van der Waals surface area contributed by atoms with Crippen LogP contribution in [-0.4, -0.2) is 44.1 Å². The van der Waals surface area contributed by atoms with E-state index in [2.05, 4.69) is 21.1 Å². The summed E-state index contributed by atoms with van der Waals surface area (Å²) in [5, 5.41) is 7.85. The van der Waals surface area contributed by atoms with Gasteiger partial charge in [0.15, 0.2) is 0 Å². The maximum absolute atomic E-state index is 8.12. The van der Waals surface area contributed by atoms with Crippen LogP contribution in [0, 0.1) is 0 Å². The molecular formula is C6H16Cl2NO+. The Morgan fingerprint density at radius 2 is 1.70 bits per heavy atom. The van der Waals surface area contributed by atoms with Crippen molar-refractivity contribution in [2.24, 2.45) is 0 Å². The molecule has 0 aliphatic carbocycles. The summed E-state index contributed by atoms with van der Waals surface area (Å²) in [5.74, 6) is 0.318. The fourth-order valence-electron chi connectivity index (χ4n) is 0.0488. The number of quaternary nitrogens is 1. The first-order valence-electron chi connectivity index (χ1n) is 3.12. The lowest BCUT2D eigenvalue weighted by molar-refractivity contribution is -0.836. The quantitative estimate of drug-likeness (QED) is 0.567. The Balaban J connectivity index is 0. The zero-order valence-electron chi connectivity index (χ0n) is 6.69. The number of halogens is 2. The molecule has 0 spiro atoms. The molecule has 0 aromatic rings. The van der Waals surface area contributed by atoms with Crippen LogP contribution < -0.4 is 4.90 Å². The molecule has 10 heavy (non-hydrogen) atoms. The van der Waals surface area contributed by atoms with Gasteiger partial charge in [0.2, 0.25) is 0 Å². The van der Waals surface area contributed by atoms with Crippen LogP contribution in [0.2, 0.25) is 0 Å². The average Bonchev–Trinajstić information content (AvgIpc) is 1.85. The molecule has 0 heterocycles.